The number of nitrogen functional groups attached to an aromatic ring is 1. The SMILES string of the molecule is CC(C)Oc1cccc(Nc2cccc(Br)c2)c1N. The van der Waals surface area contributed by atoms with Crippen molar-refractivity contribution in [3.8, 4) is 5.75 Å². The molecular weight excluding hydrogens is 304 g/mol. The van der Waals surface area contributed by atoms with E-state index in [4.69, 9.17) is 10.5 Å². The fraction of sp³-hybridized carbons (Fsp3) is 0.200. The lowest BCUT2D eigenvalue weighted by Gasteiger charge is -2.15. The number of ether oxygens (including phenoxy) is 1. The molecule has 2 aromatic rings. The summed E-state index contributed by atoms with van der Waals surface area (Å²) in [6, 6.07) is 13.7. The number of nitrogens with two attached hydrogens (primary N) is 1. The quantitative estimate of drug-likeness (QED) is 0.812. The van der Waals surface area contributed by atoms with Gasteiger partial charge in [-0.1, -0.05) is 28.1 Å². The van der Waals surface area contributed by atoms with Gasteiger partial charge in [0.1, 0.15) is 5.75 Å². The van der Waals surface area contributed by atoms with Crippen molar-refractivity contribution in [3.63, 3.8) is 0 Å². The summed E-state index contributed by atoms with van der Waals surface area (Å²) in [5, 5.41) is 3.29. The molecule has 3 nitrogen and oxygen atoms in total. The highest BCUT2D eigenvalue weighted by Gasteiger charge is 2.07. The molecule has 0 spiro atoms. The van der Waals surface area contributed by atoms with Gasteiger partial charge in [0.15, 0.2) is 0 Å². The average Bonchev–Trinajstić information content (AvgIpc) is 2.34. The molecule has 2 aromatic carbocycles. The Morgan fingerprint density at radius 3 is 2.58 bits per heavy atom. The minimum absolute atomic E-state index is 0.100. The molecule has 3 N–H and O–H groups in total. The van der Waals surface area contributed by atoms with Crippen LogP contribution in [0.1, 0.15) is 13.8 Å². The van der Waals surface area contributed by atoms with E-state index in [1.807, 2.05) is 56.3 Å². The summed E-state index contributed by atoms with van der Waals surface area (Å²) in [6.45, 7) is 3.96. The van der Waals surface area contributed by atoms with Crippen LogP contribution in [0.15, 0.2) is 46.9 Å². The van der Waals surface area contributed by atoms with Gasteiger partial charge in [0.2, 0.25) is 0 Å². The number of benzene rings is 2. The van der Waals surface area contributed by atoms with E-state index in [1.54, 1.807) is 0 Å². The third-order valence-electron chi connectivity index (χ3n) is 2.53. The maximum absolute atomic E-state index is 6.12. The zero-order valence-corrected chi connectivity index (χ0v) is 12.6. The Hall–Kier alpha value is -1.68. The molecule has 0 radical (unpaired) electrons. The van der Waals surface area contributed by atoms with Gasteiger partial charge in [-0.15, -0.1) is 0 Å². The maximum Gasteiger partial charge on any atom is 0.144 e. The van der Waals surface area contributed by atoms with Crippen LogP contribution in [0.5, 0.6) is 5.75 Å². The van der Waals surface area contributed by atoms with Crippen LogP contribution in [0.2, 0.25) is 0 Å². The zero-order chi connectivity index (χ0) is 13.8. The predicted molar refractivity (Wildman–Crippen MR) is 84.0 cm³/mol. The van der Waals surface area contributed by atoms with Crippen molar-refractivity contribution in [1.29, 1.82) is 0 Å². The van der Waals surface area contributed by atoms with Crippen LogP contribution in [-0.4, -0.2) is 6.10 Å². The first-order valence-corrected chi connectivity index (χ1v) is 6.93. The Bertz CT molecular complexity index is 570. The molecule has 0 saturated heterocycles. The molecule has 100 valence electrons. The number of hydrogen-bond acceptors (Lipinski definition) is 3. The molecule has 2 rings (SSSR count). The molecule has 4 heteroatoms. The normalized spacial score (nSPS) is 10.5. The Kier molecular flexibility index (Phi) is 4.32. The van der Waals surface area contributed by atoms with E-state index in [0.29, 0.717) is 11.4 Å². The molecule has 0 aliphatic heterocycles. The molecule has 19 heavy (non-hydrogen) atoms. The number of hydrogen-bond donors (Lipinski definition) is 2. The van der Waals surface area contributed by atoms with Crippen LogP contribution in [0, 0.1) is 0 Å². The Labute approximate surface area is 121 Å². The Balaban J connectivity index is 2.25. The second kappa shape index (κ2) is 5.97. The van der Waals surface area contributed by atoms with Crippen molar-refractivity contribution >= 4 is 33.0 Å². The summed E-state index contributed by atoms with van der Waals surface area (Å²) in [5.74, 6) is 0.704. The summed E-state index contributed by atoms with van der Waals surface area (Å²) in [5.41, 5.74) is 8.56. The van der Waals surface area contributed by atoms with Crippen molar-refractivity contribution in [2.75, 3.05) is 11.1 Å². The van der Waals surface area contributed by atoms with Crippen LogP contribution < -0.4 is 15.8 Å². The van der Waals surface area contributed by atoms with Crippen molar-refractivity contribution in [1.82, 2.24) is 0 Å². The largest absolute Gasteiger partial charge is 0.489 e. The first kappa shape index (κ1) is 13.7. The van der Waals surface area contributed by atoms with Crippen LogP contribution in [-0.2, 0) is 0 Å². The summed E-state index contributed by atoms with van der Waals surface area (Å²) in [6.07, 6.45) is 0.100. The van der Waals surface area contributed by atoms with Gasteiger partial charge in [0, 0.05) is 10.2 Å². The third-order valence-corrected chi connectivity index (χ3v) is 3.03. The molecular formula is C15H17BrN2O. The van der Waals surface area contributed by atoms with Crippen LogP contribution >= 0.6 is 15.9 Å². The van der Waals surface area contributed by atoms with E-state index in [2.05, 4.69) is 21.2 Å². The van der Waals surface area contributed by atoms with Crippen LogP contribution in [0.3, 0.4) is 0 Å². The van der Waals surface area contributed by atoms with E-state index in [9.17, 15) is 0 Å². The van der Waals surface area contributed by atoms with Crippen molar-refractivity contribution in [2.45, 2.75) is 20.0 Å². The molecule has 0 unspecified atom stereocenters. The van der Waals surface area contributed by atoms with Crippen LogP contribution in [0.25, 0.3) is 0 Å². The minimum atomic E-state index is 0.100. The van der Waals surface area contributed by atoms with Gasteiger partial charge in [-0.3, -0.25) is 0 Å². The van der Waals surface area contributed by atoms with Gasteiger partial charge in [-0.2, -0.15) is 0 Å². The highest BCUT2D eigenvalue weighted by molar-refractivity contribution is 9.10. The van der Waals surface area contributed by atoms with Crippen LogP contribution in [0.4, 0.5) is 17.1 Å². The van der Waals surface area contributed by atoms with Crippen molar-refractivity contribution in [2.24, 2.45) is 0 Å². The molecule has 0 bridgehead atoms. The maximum atomic E-state index is 6.12. The number of rotatable bonds is 4. The monoisotopic (exact) mass is 320 g/mol. The van der Waals surface area contributed by atoms with Crippen molar-refractivity contribution in [3.05, 3.63) is 46.9 Å². The summed E-state index contributed by atoms with van der Waals surface area (Å²) in [4.78, 5) is 0. The number of anilines is 3. The lowest BCUT2D eigenvalue weighted by molar-refractivity contribution is 0.244. The predicted octanol–water partition coefficient (Wildman–Crippen LogP) is 4.56. The van der Waals surface area contributed by atoms with Gasteiger partial charge in [-0.25, -0.2) is 0 Å². The molecule has 0 amide bonds. The van der Waals surface area contributed by atoms with Gasteiger partial charge >= 0.3 is 0 Å². The van der Waals surface area contributed by atoms with E-state index in [1.165, 1.54) is 0 Å². The van der Waals surface area contributed by atoms with Gasteiger partial charge < -0.3 is 15.8 Å². The van der Waals surface area contributed by atoms with E-state index >= 15 is 0 Å². The number of nitrogens with one attached hydrogen (secondary N) is 1. The van der Waals surface area contributed by atoms with E-state index in [0.717, 1.165) is 15.8 Å². The summed E-state index contributed by atoms with van der Waals surface area (Å²) >= 11 is 3.45. The molecule has 0 saturated carbocycles. The summed E-state index contributed by atoms with van der Waals surface area (Å²) < 4.78 is 6.69. The van der Waals surface area contributed by atoms with Gasteiger partial charge in [0.25, 0.3) is 0 Å². The Morgan fingerprint density at radius 1 is 1.16 bits per heavy atom. The second-order valence-electron chi connectivity index (χ2n) is 4.52. The number of halogens is 1. The molecule has 0 aliphatic carbocycles. The molecule has 0 atom stereocenters. The molecule has 0 aromatic heterocycles. The number of para-hydroxylation sites is 1. The lowest BCUT2D eigenvalue weighted by Crippen LogP contribution is -2.08. The highest BCUT2D eigenvalue weighted by Crippen LogP contribution is 2.32. The fourth-order valence-corrected chi connectivity index (χ4v) is 2.13. The molecule has 0 aliphatic rings. The standard InChI is InChI=1S/C15H17BrN2O/c1-10(2)19-14-8-4-7-13(15(14)17)18-12-6-3-5-11(16)9-12/h3-10,18H,17H2,1-2H3. The lowest BCUT2D eigenvalue weighted by atomic mass is 10.2. The Morgan fingerprint density at radius 2 is 1.89 bits per heavy atom. The average molecular weight is 321 g/mol. The summed E-state index contributed by atoms with van der Waals surface area (Å²) in [7, 11) is 0. The third kappa shape index (κ3) is 3.64. The second-order valence-corrected chi connectivity index (χ2v) is 5.44. The first-order valence-electron chi connectivity index (χ1n) is 6.14. The first-order chi connectivity index (χ1) is 9.06. The molecule has 0 fully saturated rings. The van der Waals surface area contributed by atoms with Gasteiger partial charge in [0.05, 0.1) is 17.5 Å². The topological polar surface area (TPSA) is 47.3 Å². The van der Waals surface area contributed by atoms with Gasteiger partial charge in [-0.05, 0) is 44.2 Å². The van der Waals surface area contributed by atoms with E-state index in [-0.39, 0.29) is 6.10 Å². The smallest absolute Gasteiger partial charge is 0.144 e. The minimum Gasteiger partial charge on any atom is -0.489 e. The zero-order valence-electron chi connectivity index (χ0n) is 11.0. The van der Waals surface area contributed by atoms with E-state index < -0.39 is 0 Å². The highest BCUT2D eigenvalue weighted by atomic mass is 79.9. The van der Waals surface area contributed by atoms with Crippen molar-refractivity contribution < 1.29 is 4.74 Å². The fourth-order valence-electron chi connectivity index (χ4n) is 1.73. The molecule has 0 heterocycles.